The van der Waals surface area contributed by atoms with E-state index in [4.69, 9.17) is 9.88 Å². The third kappa shape index (κ3) is 4.91. The van der Waals surface area contributed by atoms with Gasteiger partial charge in [-0.2, -0.15) is 0 Å². The first-order chi connectivity index (χ1) is 10.3. The van der Waals surface area contributed by atoms with E-state index in [1.165, 1.54) is 18.2 Å². The number of morpholine rings is 1. The summed E-state index contributed by atoms with van der Waals surface area (Å²) in [6, 6.07) is 4.20. The number of nitro benzene ring substituents is 1. The van der Waals surface area contributed by atoms with Crippen LogP contribution < -0.4 is 15.8 Å². The van der Waals surface area contributed by atoms with E-state index in [1.54, 1.807) is 0 Å². The molecule has 1 atom stereocenters. The fourth-order valence-corrected chi connectivity index (χ4v) is 2.82. The standard InChI is InChI=1S/C12H18N4O5S/c13-22(19,20)8-9-1-2-11(12(5-9)16(17)18)15-7-10-6-14-3-4-21-10/h1-2,5,10,14-15H,3-4,6-8H2,(H2,13,19,20). The van der Waals surface area contributed by atoms with Crippen molar-refractivity contribution in [3.05, 3.63) is 33.9 Å². The molecule has 0 saturated carbocycles. The van der Waals surface area contributed by atoms with Crippen LogP contribution in [0.5, 0.6) is 0 Å². The maximum absolute atomic E-state index is 11.1. The molecule has 4 N–H and O–H groups in total. The predicted octanol–water partition coefficient (Wildman–Crippen LogP) is -0.216. The second-order valence-electron chi connectivity index (χ2n) is 4.99. The molecule has 9 nitrogen and oxygen atoms in total. The molecule has 1 aromatic rings. The van der Waals surface area contributed by atoms with E-state index in [1.807, 2.05) is 0 Å². The smallest absolute Gasteiger partial charge is 0.292 e. The van der Waals surface area contributed by atoms with Crippen molar-refractivity contribution in [1.82, 2.24) is 5.32 Å². The Morgan fingerprint density at radius 3 is 2.86 bits per heavy atom. The number of nitrogens with zero attached hydrogens (tertiary/aromatic N) is 1. The number of hydrogen-bond donors (Lipinski definition) is 3. The first-order valence-electron chi connectivity index (χ1n) is 6.69. The number of anilines is 1. The lowest BCUT2D eigenvalue weighted by Crippen LogP contribution is -2.42. The second kappa shape index (κ2) is 7.01. The van der Waals surface area contributed by atoms with E-state index in [2.05, 4.69) is 10.6 Å². The summed E-state index contributed by atoms with van der Waals surface area (Å²) in [7, 11) is -3.73. The predicted molar refractivity (Wildman–Crippen MR) is 81.0 cm³/mol. The van der Waals surface area contributed by atoms with E-state index < -0.39 is 20.7 Å². The van der Waals surface area contributed by atoms with Gasteiger partial charge in [-0.25, -0.2) is 13.6 Å². The Labute approximate surface area is 128 Å². The molecule has 1 unspecified atom stereocenters. The number of nitrogens with two attached hydrogens (primary N) is 1. The van der Waals surface area contributed by atoms with Gasteiger partial charge in [0.2, 0.25) is 10.0 Å². The van der Waals surface area contributed by atoms with Crippen molar-refractivity contribution in [1.29, 1.82) is 0 Å². The van der Waals surface area contributed by atoms with Crippen molar-refractivity contribution in [3.63, 3.8) is 0 Å². The molecule has 1 saturated heterocycles. The van der Waals surface area contributed by atoms with Crippen LogP contribution in [0.15, 0.2) is 18.2 Å². The van der Waals surface area contributed by atoms with E-state index in [9.17, 15) is 18.5 Å². The monoisotopic (exact) mass is 330 g/mol. The highest BCUT2D eigenvalue weighted by molar-refractivity contribution is 7.88. The highest BCUT2D eigenvalue weighted by atomic mass is 32.2. The van der Waals surface area contributed by atoms with E-state index in [-0.39, 0.29) is 17.4 Å². The van der Waals surface area contributed by atoms with Gasteiger partial charge in [-0.05, 0) is 11.6 Å². The zero-order valence-electron chi connectivity index (χ0n) is 11.8. The molecule has 0 aliphatic carbocycles. The summed E-state index contributed by atoms with van der Waals surface area (Å²) in [5.41, 5.74) is 0.401. The molecular weight excluding hydrogens is 312 g/mol. The first-order valence-corrected chi connectivity index (χ1v) is 8.41. The minimum Gasteiger partial charge on any atom is -0.377 e. The molecule has 1 aromatic carbocycles. The average Bonchev–Trinajstić information content (AvgIpc) is 2.45. The van der Waals surface area contributed by atoms with Gasteiger partial charge in [0.05, 0.1) is 23.4 Å². The average molecular weight is 330 g/mol. The Kier molecular flexibility index (Phi) is 5.29. The van der Waals surface area contributed by atoms with Crippen LogP contribution in [0.2, 0.25) is 0 Å². The minimum atomic E-state index is -3.73. The van der Waals surface area contributed by atoms with Crippen LogP contribution in [0.1, 0.15) is 5.56 Å². The molecule has 0 aromatic heterocycles. The lowest BCUT2D eigenvalue weighted by Gasteiger charge is -2.24. The van der Waals surface area contributed by atoms with Gasteiger partial charge in [0.15, 0.2) is 0 Å². The summed E-state index contributed by atoms with van der Waals surface area (Å²) in [6.07, 6.45) is -0.0718. The van der Waals surface area contributed by atoms with Crippen LogP contribution >= 0.6 is 0 Å². The Hall–Kier alpha value is -1.75. The van der Waals surface area contributed by atoms with Crippen LogP contribution in [-0.2, 0) is 20.5 Å². The highest BCUT2D eigenvalue weighted by Gasteiger charge is 2.19. The van der Waals surface area contributed by atoms with Crippen LogP contribution in [-0.4, -0.2) is 45.7 Å². The summed E-state index contributed by atoms with van der Waals surface area (Å²) in [5.74, 6) is -0.441. The fraction of sp³-hybridized carbons (Fsp3) is 0.500. The number of ether oxygens (including phenoxy) is 1. The van der Waals surface area contributed by atoms with Crippen molar-refractivity contribution in [2.24, 2.45) is 5.14 Å². The van der Waals surface area contributed by atoms with Gasteiger partial charge in [0.25, 0.3) is 5.69 Å². The molecule has 1 aliphatic rings. The number of rotatable bonds is 6. The Morgan fingerprint density at radius 1 is 1.50 bits per heavy atom. The van der Waals surface area contributed by atoms with Crippen molar-refractivity contribution >= 4 is 21.4 Å². The van der Waals surface area contributed by atoms with Crippen LogP contribution in [0.4, 0.5) is 11.4 Å². The van der Waals surface area contributed by atoms with Gasteiger partial charge in [-0.15, -0.1) is 0 Å². The third-order valence-corrected chi connectivity index (χ3v) is 3.89. The van der Waals surface area contributed by atoms with Crippen molar-refractivity contribution < 1.29 is 18.1 Å². The Balaban J connectivity index is 2.11. The number of benzene rings is 1. The van der Waals surface area contributed by atoms with Gasteiger partial charge in [0, 0.05) is 25.7 Å². The van der Waals surface area contributed by atoms with Crippen molar-refractivity contribution in [2.45, 2.75) is 11.9 Å². The highest BCUT2D eigenvalue weighted by Crippen LogP contribution is 2.26. The van der Waals surface area contributed by atoms with Gasteiger partial charge in [0.1, 0.15) is 5.69 Å². The number of hydrogen-bond acceptors (Lipinski definition) is 7. The largest absolute Gasteiger partial charge is 0.377 e. The lowest BCUT2D eigenvalue weighted by atomic mass is 10.2. The summed E-state index contributed by atoms with van der Waals surface area (Å²) in [5, 5.41) is 22.2. The third-order valence-electron chi connectivity index (χ3n) is 3.15. The zero-order chi connectivity index (χ0) is 16.2. The lowest BCUT2D eigenvalue weighted by molar-refractivity contribution is -0.384. The maximum Gasteiger partial charge on any atom is 0.292 e. The number of nitro groups is 1. The van der Waals surface area contributed by atoms with E-state index >= 15 is 0 Å². The van der Waals surface area contributed by atoms with Gasteiger partial charge in [-0.3, -0.25) is 10.1 Å². The molecule has 0 bridgehead atoms. The zero-order valence-corrected chi connectivity index (χ0v) is 12.6. The molecule has 1 fully saturated rings. The van der Waals surface area contributed by atoms with Gasteiger partial charge >= 0.3 is 0 Å². The SMILES string of the molecule is NS(=O)(=O)Cc1ccc(NCC2CNCCO2)c([N+](=O)[O-])c1. The molecule has 0 spiro atoms. The molecule has 1 heterocycles. The topological polar surface area (TPSA) is 137 Å². The Morgan fingerprint density at radius 2 is 2.27 bits per heavy atom. The van der Waals surface area contributed by atoms with Gasteiger partial charge < -0.3 is 15.4 Å². The summed E-state index contributed by atoms with van der Waals surface area (Å²) in [4.78, 5) is 10.6. The second-order valence-corrected chi connectivity index (χ2v) is 6.61. The summed E-state index contributed by atoms with van der Waals surface area (Å²) >= 11 is 0. The van der Waals surface area contributed by atoms with Crippen LogP contribution in [0, 0.1) is 10.1 Å². The quantitative estimate of drug-likeness (QED) is 0.484. The van der Waals surface area contributed by atoms with Crippen molar-refractivity contribution in [3.8, 4) is 0 Å². The van der Waals surface area contributed by atoms with Crippen LogP contribution in [0.3, 0.4) is 0 Å². The maximum atomic E-state index is 11.1. The van der Waals surface area contributed by atoms with E-state index in [0.29, 0.717) is 25.4 Å². The minimum absolute atomic E-state index is 0.0718. The number of nitrogens with one attached hydrogen (secondary N) is 2. The normalized spacial score (nSPS) is 18.9. The molecule has 0 radical (unpaired) electrons. The summed E-state index contributed by atoms with van der Waals surface area (Å²) in [6.45, 7) is 2.48. The Bertz CT molecular complexity index is 643. The molecule has 122 valence electrons. The van der Waals surface area contributed by atoms with Crippen molar-refractivity contribution in [2.75, 3.05) is 31.6 Å². The molecule has 2 rings (SSSR count). The molecule has 10 heteroatoms. The molecular formula is C12H18N4O5S. The van der Waals surface area contributed by atoms with E-state index in [0.717, 1.165) is 6.54 Å². The molecule has 22 heavy (non-hydrogen) atoms. The number of primary sulfonamides is 1. The first kappa shape index (κ1) is 16.6. The van der Waals surface area contributed by atoms with Crippen LogP contribution in [0.25, 0.3) is 0 Å². The fourth-order valence-electron chi connectivity index (χ4n) is 2.17. The molecule has 0 amide bonds. The number of sulfonamides is 1. The van der Waals surface area contributed by atoms with Gasteiger partial charge in [-0.1, -0.05) is 6.07 Å². The summed E-state index contributed by atoms with van der Waals surface area (Å²) < 4.78 is 27.6. The molecule has 1 aliphatic heterocycles.